The molecule has 3 aliphatic rings. The number of benzene rings is 2. The maximum absolute atomic E-state index is 14.3. The van der Waals surface area contributed by atoms with Crippen molar-refractivity contribution >= 4 is 17.3 Å². The molecule has 0 amide bonds. The second-order valence-electron chi connectivity index (χ2n) is 12.9. The summed E-state index contributed by atoms with van der Waals surface area (Å²) in [4.78, 5) is 21.2. The lowest BCUT2D eigenvalue weighted by molar-refractivity contribution is -0.144. The molecule has 1 saturated heterocycles. The Labute approximate surface area is 252 Å². The average Bonchev–Trinajstić information content (AvgIpc) is 3.58. The first-order valence-corrected chi connectivity index (χ1v) is 16.6. The molecule has 0 spiro atoms. The maximum Gasteiger partial charge on any atom is 0.306 e. The summed E-state index contributed by atoms with van der Waals surface area (Å²) >= 11 is 1.82. The lowest BCUT2D eigenvalue weighted by atomic mass is 9.85. The van der Waals surface area contributed by atoms with Gasteiger partial charge >= 0.3 is 5.97 Å². The zero-order valence-corrected chi connectivity index (χ0v) is 25.3. The molecule has 4 nitrogen and oxygen atoms in total. The Morgan fingerprint density at radius 1 is 1.05 bits per heavy atom. The normalized spacial score (nSPS) is 24.2. The van der Waals surface area contributed by atoms with Crippen LogP contribution in [-0.2, 0) is 17.6 Å². The lowest BCUT2D eigenvalue weighted by Crippen LogP contribution is -2.37. The molecule has 4 atom stereocenters. The van der Waals surface area contributed by atoms with E-state index >= 15 is 0 Å². The van der Waals surface area contributed by atoms with Gasteiger partial charge in [-0.2, -0.15) is 0 Å². The standard InChI is InChI=1S/C35H42F2N2O2S/c1-2-32-34(42-33(38-32)17-23-8-10-28(36)11-9-23)24-12-14-39(15-13-24)21-27-18-26(31(35(40)41)16-22-6-7-22)20-30(27)25-4-3-5-29(37)19-25/h3-5,8-11,19,22,24,26-27,30-31H,2,6-7,12-18,20-21H2,1H3,(H,40,41)/t26?,27?,30?,31-/m0/s1. The summed E-state index contributed by atoms with van der Waals surface area (Å²) < 4.78 is 27.6. The first-order chi connectivity index (χ1) is 20.4. The molecule has 224 valence electrons. The summed E-state index contributed by atoms with van der Waals surface area (Å²) in [6.45, 7) is 5.15. The predicted molar refractivity (Wildman–Crippen MR) is 163 cm³/mol. The van der Waals surface area contributed by atoms with Crippen molar-refractivity contribution in [2.24, 2.45) is 23.7 Å². The van der Waals surface area contributed by atoms with Crippen LogP contribution in [0.4, 0.5) is 8.78 Å². The third kappa shape index (κ3) is 6.94. The molecule has 2 heterocycles. The van der Waals surface area contributed by atoms with Crippen LogP contribution in [0.15, 0.2) is 48.5 Å². The van der Waals surface area contributed by atoms with Gasteiger partial charge in [-0.25, -0.2) is 13.8 Å². The van der Waals surface area contributed by atoms with Crippen LogP contribution >= 0.6 is 11.3 Å². The Morgan fingerprint density at radius 3 is 2.48 bits per heavy atom. The maximum atomic E-state index is 14.3. The predicted octanol–water partition coefficient (Wildman–Crippen LogP) is 8.06. The summed E-state index contributed by atoms with van der Waals surface area (Å²) in [7, 11) is 0. The van der Waals surface area contributed by atoms with Crippen molar-refractivity contribution < 1.29 is 18.7 Å². The van der Waals surface area contributed by atoms with Crippen molar-refractivity contribution in [1.29, 1.82) is 0 Å². The largest absolute Gasteiger partial charge is 0.481 e. The first kappa shape index (κ1) is 29.4. The summed E-state index contributed by atoms with van der Waals surface area (Å²) in [5.41, 5.74) is 3.31. The number of aliphatic carboxylic acids is 1. The number of carboxylic acid groups (broad SMARTS) is 1. The molecule has 1 aromatic heterocycles. The van der Waals surface area contributed by atoms with Gasteiger partial charge in [0.1, 0.15) is 11.6 Å². The van der Waals surface area contributed by atoms with Crippen LogP contribution < -0.4 is 0 Å². The second-order valence-corrected chi connectivity index (χ2v) is 14.0. The number of thiazole rings is 1. The number of carbonyl (C=O) groups is 1. The number of hydrogen-bond acceptors (Lipinski definition) is 4. The first-order valence-electron chi connectivity index (χ1n) is 15.8. The molecule has 1 aliphatic heterocycles. The van der Waals surface area contributed by atoms with E-state index in [1.54, 1.807) is 12.1 Å². The lowest BCUT2D eigenvalue weighted by Gasteiger charge is -2.35. The monoisotopic (exact) mass is 592 g/mol. The second kappa shape index (κ2) is 12.9. The number of piperidine rings is 1. The summed E-state index contributed by atoms with van der Waals surface area (Å²) in [5.74, 6) is 0.413. The molecule has 2 aromatic carbocycles. The van der Waals surface area contributed by atoms with Crippen LogP contribution in [0.2, 0.25) is 0 Å². The number of carboxylic acids is 1. The van der Waals surface area contributed by atoms with Gasteiger partial charge < -0.3 is 10.0 Å². The van der Waals surface area contributed by atoms with Crippen molar-refractivity contribution in [3.63, 3.8) is 0 Å². The van der Waals surface area contributed by atoms with Crippen LogP contribution in [0.5, 0.6) is 0 Å². The SMILES string of the molecule is CCc1nc(Cc2ccc(F)cc2)sc1C1CCN(CC2CC([C@H](CC3CC3)C(=O)O)CC2c2cccc(F)c2)CC1. The van der Waals surface area contributed by atoms with E-state index in [0.29, 0.717) is 17.8 Å². The van der Waals surface area contributed by atoms with E-state index in [4.69, 9.17) is 4.98 Å². The molecule has 3 unspecified atom stereocenters. The average molecular weight is 593 g/mol. The fourth-order valence-electron chi connectivity index (χ4n) is 7.60. The Kier molecular flexibility index (Phi) is 9.06. The van der Waals surface area contributed by atoms with Crippen molar-refractivity contribution in [2.45, 2.75) is 76.5 Å². The third-order valence-corrected chi connectivity index (χ3v) is 11.3. The summed E-state index contributed by atoms with van der Waals surface area (Å²) in [5, 5.41) is 11.2. The van der Waals surface area contributed by atoms with E-state index < -0.39 is 5.97 Å². The Bertz CT molecular complexity index is 1360. The van der Waals surface area contributed by atoms with Crippen molar-refractivity contribution in [2.75, 3.05) is 19.6 Å². The van der Waals surface area contributed by atoms with Crippen LogP contribution in [0, 0.1) is 35.3 Å². The van der Waals surface area contributed by atoms with Gasteiger partial charge in [-0.1, -0.05) is 44.0 Å². The van der Waals surface area contributed by atoms with E-state index in [9.17, 15) is 18.7 Å². The molecule has 0 bridgehead atoms. The Hall–Kier alpha value is -2.64. The fourth-order valence-corrected chi connectivity index (χ4v) is 8.96. The van der Waals surface area contributed by atoms with Gasteiger partial charge in [0.25, 0.3) is 0 Å². The molecule has 3 aromatic rings. The van der Waals surface area contributed by atoms with Gasteiger partial charge in [0.15, 0.2) is 0 Å². The molecular weight excluding hydrogens is 550 g/mol. The zero-order valence-electron chi connectivity index (χ0n) is 24.5. The number of aryl methyl sites for hydroxylation is 1. The number of rotatable bonds is 11. The van der Waals surface area contributed by atoms with Crippen molar-refractivity contribution in [3.8, 4) is 0 Å². The van der Waals surface area contributed by atoms with Gasteiger partial charge in [0.05, 0.1) is 16.6 Å². The molecule has 1 N–H and O–H groups in total. The van der Waals surface area contributed by atoms with E-state index in [0.717, 1.165) is 93.6 Å². The van der Waals surface area contributed by atoms with Crippen molar-refractivity contribution in [1.82, 2.24) is 9.88 Å². The minimum atomic E-state index is -0.651. The number of aromatic nitrogens is 1. The topological polar surface area (TPSA) is 53.4 Å². The molecule has 6 rings (SSSR count). The third-order valence-electron chi connectivity index (χ3n) is 10.0. The highest BCUT2D eigenvalue weighted by Crippen LogP contribution is 2.50. The van der Waals surface area contributed by atoms with E-state index in [1.807, 2.05) is 29.5 Å². The zero-order chi connectivity index (χ0) is 29.2. The highest BCUT2D eigenvalue weighted by molar-refractivity contribution is 7.11. The van der Waals surface area contributed by atoms with E-state index in [1.165, 1.54) is 28.8 Å². The van der Waals surface area contributed by atoms with Gasteiger partial charge in [-0.3, -0.25) is 4.79 Å². The van der Waals surface area contributed by atoms with Crippen LogP contribution in [0.1, 0.15) is 90.4 Å². The number of likely N-dealkylation sites (tertiary alicyclic amines) is 1. The fraction of sp³-hybridized carbons (Fsp3) is 0.543. The number of hydrogen-bond donors (Lipinski definition) is 1. The van der Waals surface area contributed by atoms with E-state index in [-0.39, 0.29) is 29.4 Å². The van der Waals surface area contributed by atoms with Crippen LogP contribution in [0.25, 0.3) is 0 Å². The molecular formula is C35H42F2N2O2S. The van der Waals surface area contributed by atoms with E-state index in [2.05, 4.69) is 11.8 Å². The van der Waals surface area contributed by atoms with Crippen LogP contribution in [-0.4, -0.2) is 40.6 Å². The summed E-state index contributed by atoms with van der Waals surface area (Å²) in [6.07, 6.45) is 8.70. The minimum absolute atomic E-state index is 0.155. The molecule has 0 radical (unpaired) electrons. The Morgan fingerprint density at radius 2 is 1.81 bits per heavy atom. The van der Waals surface area contributed by atoms with Gasteiger partial charge in [-0.15, -0.1) is 11.3 Å². The van der Waals surface area contributed by atoms with Crippen LogP contribution in [0.3, 0.4) is 0 Å². The van der Waals surface area contributed by atoms with Gasteiger partial charge in [-0.05, 0) is 117 Å². The number of nitrogens with zero attached hydrogens (tertiary/aromatic N) is 2. The number of halogens is 2. The van der Waals surface area contributed by atoms with Gasteiger partial charge in [0, 0.05) is 17.8 Å². The molecule has 7 heteroatoms. The molecule has 42 heavy (non-hydrogen) atoms. The molecule has 3 fully saturated rings. The molecule has 2 aliphatic carbocycles. The Balaban J connectivity index is 1.11. The van der Waals surface area contributed by atoms with Gasteiger partial charge in [0.2, 0.25) is 0 Å². The smallest absolute Gasteiger partial charge is 0.306 e. The highest BCUT2D eigenvalue weighted by Gasteiger charge is 2.43. The summed E-state index contributed by atoms with van der Waals surface area (Å²) in [6, 6.07) is 13.7. The minimum Gasteiger partial charge on any atom is -0.481 e. The van der Waals surface area contributed by atoms with Crippen molar-refractivity contribution in [3.05, 3.63) is 86.9 Å². The highest BCUT2D eigenvalue weighted by atomic mass is 32.1. The quantitative estimate of drug-likeness (QED) is 0.245. The molecule has 2 saturated carbocycles.